The van der Waals surface area contributed by atoms with Crippen molar-refractivity contribution in [2.45, 2.75) is 39.2 Å². The Balaban J connectivity index is 2.33. The van der Waals surface area contributed by atoms with E-state index in [4.69, 9.17) is 0 Å². The Kier molecular flexibility index (Phi) is 3.42. The minimum atomic E-state index is 0.564. The van der Waals surface area contributed by atoms with Crippen LogP contribution in [0.5, 0.6) is 0 Å². The molecule has 1 nitrogen and oxygen atoms in total. The normalized spacial score (nSPS) is 25.7. The molecule has 1 aromatic rings. The highest BCUT2D eigenvalue weighted by atomic mass is 14.9. The van der Waals surface area contributed by atoms with Crippen LogP contribution in [-0.4, -0.2) is 6.54 Å². The van der Waals surface area contributed by atoms with Gasteiger partial charge in [-0.25, -0.2) is 0 Å². The molecule has 0 spiro atoms. The van der Waals surface area contributed by atoms with Crippen molar-refractivity contribution in [3.8, 4) is 0 Å². The van der Waals surface area contributed by atoms with Crippen LogP contribution in [0.2, 0.25) is 0 Å². The quantitative estimate of drug-likeness (QED) is 0.727. The Morgan fingerprint density at radius 2 is 2.13 bits per heavy atom. The van der Waals surface area contributed by atoms with E-state index in [2.05, 4.69) is 43.4 Å². The molecule has 0 fully saturated rings. The first-order chi connectivity index (χ1) is 7.33. The summed E-state index contributed by atoms with van der Waals surface area (Å²) in [5.74, 6) is 0.758. The molecule has 1 N–H and O–H groups in total. The van der Waals surface area contributed by atoms with Gasteiger partial charge in [-0.3, -0.25) is 0 Å². The van der Waals surface area contributed by atoms with Gasteiger partial charge in [0, 0.05) is 6.04 Å². The molecule has 0 radical (unpaired) electrons. The third kappa shape index (κ3) is 2.23. The molecule has 0 saturated carbocycles. The van der Waals surface area contributed by atoms with Crippen LogP contribution < -0.4 is 5.32 Å². The van der Waals surface area contributed by atoms with Gasteiger partial charge < -0.3 is 5.32 Å². The van der Waals surface area contributed by atoms with E-state index in [1.807, 2.05) is 0 Å². The molecule has 15 heavy (non-hydrogen) atoms. The fraction of sp³-hybridized carbons (Fsp3) is 0.571. The lowest BCUT2D eigenvalue weighted by Crippen LogP contribution is -2.26. The lowest BCUT2D eigenvalue weighted by Gasteiger charge is -2.24. The summed E-state index contributed by atoms with van der Waals surface area (Å²) in [6, 6.07) is 9.48. The van der Waals surface area contributed by atoms with Crippen LogP contribution in [0.1, 0.15) is 43.9 Å². The van der Waals surface area contributed by atoms with E-state index in [0.29, 0.717) is 6.04 Å². The summed E-state index contributed by atoms with van der Waals surface area (Å²) in [6.07, 6.45) is 3.93. The largest absolute Gasteiger partial charge is 0.310 e. The van der Waals surface area contributed by atoms with Crippen LogP contribution in [0.15, 0.2) is 24.3 Å². The summed E-state index contributed by atoms with van der Waals surface area (Å²) in [5, 5.41) is 3.63. The van der Waals surface area contributed by atoms with E-state index in [1.165, 1.54) is 24.8 Å². The minimum absolute atomic E-state index is 0.564. The number of aryl methyl sites for hydroxylation is 1. The number of nitrogens with one attached hydrogen (secondary N) is 1. The molecule has 0 amide bonds. The van der Waals surface area contributed by atoms with Crippen molar-refractivity contribution in [2.24, 2.45) is 5.92 Å². The molecule has 1 aliphatic carbocycles. The summed E-state index contributed by atoms with van der Waals surface area (Å²) in [6.45, 7) is 5.62. The summed E-state index contributed by atoms with van der Waals surface area (Å²) >= 11 is 0. The maximum atomic E-state index is 3.63. The number of rotatable bonds is 2. The Morgan fingerprint density at radius 1 is 1.33 bits per heavy atom. The van der Waals surface area contributed by atoms with Crippen LogP contribution in [0.4, 0.5) is 0 Å². The van der Waals surface area contributed by atoms with E-state index in [0.717, 1.165) is 12.5 Å². The number of benzene rings is 1. The summed E-state index contributed by atoms with van der Waals surface area (Å²) < 4.78 is 0. The van der Waals surface area contributed by atoms with Crippen molar-refractivity contribution in [3.63, 3.8) is 0 Å². The Bertz CT molecular complexity index is 319. The fourth-order valence-corrected chi connectivity index (χ4v) is 2.68. The van der Waals surface area contributed by atoms with E-state index >= 15 is 0 Å². The Labute approximate surface area is 92.9 Å². The van der Waals surface area contributed by atoms with Gasteiger partial charge in [-0.1, -0.05) is 38.1 Å². The van der Waals surface area contributed by atoms with Crippen molar-refractivity contribution >= 4 is 0 Å². The van der Waals surface area contributed by atoms with Crippen LogP contribution in [-0.2, 0) is 6.42 Å². The van der Waals surface area contributed by atoms with Crippen molar-refractivity contribution in [2.75, 3.05) is 6.54 Å². The maximum Gasteiger partial charge on any atom is 0.0348 e. The van der Waals surface area contributed by atoms with E-state index in [-0.39, 0.29) is 0 Å². The molecule has 2 unspecified atom stereocenters. The third-order valence-corrected chi connectivity index (χ3v) is 3.49. The molecule has 82 valence electrons. The summed E-state index contributed by atoms with van der Waals surface area (Å²) in [7, 11) is 0. The highest BCUT2D eigenvalue weighted by Gasteiger charge is 2.23. The SMILES string of the molecule is CCNC1c2ccccc2CCCC1C. The lowest BCUT2D eigenvalue weighted by molar-refractivity contribution is 0.376. The highest BCUT2D eigenvalue weighted by molar-refractivity contribution is 5.31. The average Bonchev–Trinajstić information content (AvgIpc) is 2.40. The zero-order valence-corrected chi connectivity index (χ0v) is 9.79. The number of hydrogen-bond acceptors (Lipinski definition) is 1. The number of fused-ring (bicyclic) bond motifs is 1. The maximum absolute atomic E-state index is 3.63. The molecule has 0 bridgehead atoms. The molecule has 1 heteroatoms. The van der Waals surface area contributed by atoms with Crippen molar-refractivity contribution in [3.05, 3.63) is 35.4 Å². The zero-order valence-electron chi connectivity index (χ0n) is 9.79. The van der Waals surface area contributed by atoms with E-state index in [1.54, 1.807) is 5.56 Å². The van der Waals surface area contributed by atoms with Gasteiger partial charge in [0.15, 0.2) is 0 Å². The first kappa shape index (κ1) is 10.7. The molecule has 1 aliphatic rings. The van der Waals surface area contributed by atoms with Gasteiger partial charge in [-0.05, 0) is 42.9 Å². The van der Waals surface area contributed by atoms with E-state index < -0.39 is 0 Å². The standard InChI is InChI=1S/C14H21N/c1-3-15-14-11(2)7-6-9-12-8-4-5-10-13(12)14/h4-5,8,10-11,14-15H,3,6-7,9H2,1-2H3. The van der Waals surface area contributed by atoms with Gasteiger partial charge in [-0.15, -0.1) is 0 Å². The summed E-state index contributed by atoms with van der Waals surface area (Å²) in [5.41, 5.74) is 3.08. The van der Waals surface area contributed by atoms with Gasteiger partial charge in [0.2, 0.25) is 0 Å². The topological polar surface area (TPSA) is 12.0 Å². The second-order valence-corrected chi connectivity index (χ2v) is 4.60. The highest BCUT2D eigenvalue weighted by Crippen LogP contribution is 2.32. The van der Waals surface area contributed by atoms with E-state index in [9.17, 15) is 0 Å². The average molecular weight is 203 g/mol. The first-order valence-corrected chi connectivity index (χ1v) is 6.14. The van der Waals surface area contributed by atoms with Gasteiger partial charge in [0.05, 0.1) is 0 Å². The van der Waals surface area contributed by atoms with Crippen molar-refractivity contribution in [1.82, 2.24) is 5.32 Å². The second-order valence-electron chi connectivity index (χ2n) is 4.60. The summed E-state index contributed by atoms with van der Waals surface area (Å²) in [4.78, 5) is 0. The van der Waals surface area contributed by atoms with Gasteiger partial charge >= 0.3 is 0 Å². The molecular formula is C14H21N. The fourth-order valence-electron chi connectivity index (χ4n) is 2.68. The van der Waals surface area contributed by atoms with Crippen LogP contribution in [0.3, 0.4) is 0 Å². The molecule has 0 aliphatic heterocycles. The molecule has 0 saturated heterocycles. The molecule has 0 aromatic heterocycles. The van der Waals surface area contributed by atoms with Crippen LogP contribution in [0, 0.1) is 5.92 Å². The predicted octanol–water partition coefficient (Wildman–Crippen LogP) is 3.31. The predicted molar refractivity (Wildman–Crippen MR) is 65.0 cm³/mol. The monoisotopic (exact) mass is 203 g/mol. The van der Waals surface area contributed by atoms with Crippen LogP contribution in [0.25, 0.3) is 0 Å². The Hall–Kier alpha value is -0.820. The van der Waals surface area contributed by atoms with Gasteiger partial charge in [-0.2, -0.15) is 0 Å². The smallest absolute Gasteiger partial charge is 0.0348 e. The van der Waals surface area contributed by atoms with Crippen molar-refractivity contribution in [1.29, 1.82) is 0 Å². The van der Waals surface area contributed by atoms with Gasteiger partial charge in [0.25, 0.3) is 0 Å². The van der Waals surface area contributed by atoms with Crippen molar-refractivity contribution < 1.29 is 0 Å². The third-order valence-electron chi connectivity index (χ3n) is 3.49. The van der Waals surface area contributed by atoms with Crippen LogP contribution >= 0.6 is 0 Å². The number of hydrogen-bond donors (Lipinski definition) is 1. The molecule has 2 atom stereocenters. The molecular weight excluding hydrogens is 182 g/mol. The first-order valence-electron chi connectivity index (χ1n) is 6.14. The minimum Gasteiger partial charge on any atom is -0.310 e. The zero-order chi connectivity index (χ0) is 10.7. The van der Waals surface area contributed by atoms with Gasteiger partial charge in [0.1, 0.15) is 0 Å². The molecule has 2 rings (SSSR count). The Morgan fingerprint density at radius 3 is 2.93 bits per heavy atom. The lowest BCUT2D eigenvalue weighted by atomic mass is 9.92. The molecule has 0 heterocycles. The second kappa shape index (κ2) is 4.80. The molecule has 1 aromatic carbocycles.